The maximum atomic E-state index is 5.56. The molecule has 0 amide bonds. The van der Waals surface area contributed by atoms with E-state index in [0.29, 0.717) is 10.7 Å². The van der Waals surface area contributed by atoms with Gasteiger partial charge in [0.2, 0.25) is 5.95 Å². The fourth-order valence-electron chi connectivity index (χ4n) is 1.58. The van der Waals surface area contributed by atoms with E-state index in [4.69, 9.17) is 18.0 Å². The second kappa shape index (κ2) is 5.45. The number of hydrogen-bond donors (Lipinski definition) is 1. The van der Waals surface area contributed by atoms with Gasteiger partial charge in [0.15, 0.2) is 0 Å². The first-order valence-corrected chi connectivity index (χ1v) is 6.79. The molecule has 1 fully saturated rings. The smallest absolute Gasteiger partial charge is 0.225 e. The molecule has 2 N–H and O–H groups in total. The first kappa shape index (κ1) is 11.6. The van der Waals surface area contributed by atoms with Crippen LogP contribution in [0.25, 0.3) is 0 Å². The van der Waals surface area contributed by atoms with Crippen molar-refractivity contribution in [3.63, 3.8) is 0 Å². The predicted octanol–water partition coefficient (Wildman–Crippen LogP) is 1.05. The van der Waals surface area contributed by atoms with E-state index in [-0.39, 0.29) is 0 Å². The molecule has 6 heteroatoms. The minimum absolute atomic E-state index is 0.327. The van der Waals surface area contributed by atoms with Crippen LogP contribution in [0, 0.1) is 0 Å². The summed E-state index contributed by atoms with van der Waals surface area (Å²) in [7, 11) is 0. The Labute approximate surface area is 105 Å². The summed E-state index contributed by atoms with van der Waals surface area (Å²) in [6.45, 7) is 2.00. The van der Waals surface area contributed by atoms with E-state index >= 15 is 0 Å². The first-order chi connectivity index (χ1) is 7.77. The Morgan fingerprint density at radius 3 is 3.12 bits per heavy atom. The number of aromatic nitrogens is 2. The van der Waals surface area contributed by atoms with Crippen LogP contribution in [0.15, 0.2) is 12.3 Å². The first-order valence-electron chi connectivity index (χ1n) is 5.23. The van der Waals surface area contributed by atoms with Gasteiger partial charge < -0.3 is 10.6 Å². The lowest BCUT2D eigenvalue weighted by molar-refractivity contribution is 0.782. The van der Waals surface area contributed by atoms with E-state index in [2.05, 4.69) is 14.9 Å². The second-order valence-electron chi connectivity index (χ2n) is 3.56. The highest BCUT2D eigenvalue weighted by atomic mass is 32.2. The van der Waals surface area contributed by atoms with Gasteiger partial charge in [-0.3, -0.25) is 0 Å². The number of thiocarbonyl (C=S) groups is 1. The SMILES string of the molecule is NC(=S)c1ccnc(N2CCCSCC2)n1. The Balaban J connectivity index is 2.18. The molecule has 2 rings (SSSR count). The van der Waals surface area contributed by atoms with Gasteiger partial charge in [0.1, 0.15) is 10.7 Å². The van der Waals surface area contributed by atoms with Gasteiger partial charge in [-0.05, 0) is 18.2 Å². The molecule has 16 heavy (non-hydrogen) atoms. The van der Waals surface area contributed by atoms with Crippen LogP contribution >= 0.6 is 24.0 Å². The fraction of sp³-hybridized carbons (Fsp3) is 0.500. The Morgan fingerprint density at radius 2 is 2.31 bits per heavy atom. The van der Waals surface area contributed by atoms with Crippen molar-refractivity contribution in [3.05, 3.63) is 18.0 Å². The number of nitrogens with two attached hydrogens (primary N) is 1. The van der Waals surface area contributed by atoms with E-state index in [1.807, 2.05) is 11.8 Å². The molecule has 1 aromatic heterocycles. The molecule has 1 saturated heterocycles. The van der Waals surface area contributed by atoms with E-state index in [1.54, 1.807) is 12.3 Å². The summed E-state index contributed by atoms with van der Waals surface area (Å²) in [5, 5.41) is 0. The van der Waals surface area contributed by atoms with Gasteiger partial charge >= 0.3 is 0 Å². The summed E-state index contributed by atoms with van der Waals surface area (Å²) in [4.78, 5) is 11.2. The fourth-order valence-corrected chi connectivity index (χ4v) is 2.58. The monoisotopic (exact) mass is 254 g/mol. The molecule has 86 valence electrons. The maximum Gasteiger partial charge on any atom is 0.225 e. The molecule has 2 heterocycles. The van der Waals surface area contributed by atoms with Gasteiger partial charge in [0, 0.05) is 25.0 Å². The van der Waals surface area contributed by atoms with Gasteiger partial charge in [0.25, 0.3) is 0 Å². The number of nitrogens with zero attached hydrogens (tertiary/aromatic N) is 3. The quantitative estimate of drug-likeness (QED) is 0.796. The third-order valence-electron chi connectivity index (χ3n) is 2.40. The normalized spacial score (nSPS) is 16.9. The van der Waals surface area contributed by atoms with E-state index in [1.165, 1.54) is 12.2 Å². The number of thioether (sulfide) groups is 1. The summed E-state index contributed by atoms with van der Waals surface area (Å²) in [6, 6.07) is 1.75. The van der Waals surface area contributed by atoms with Crippen molar-refractivity contribution >= 4 is 34.9 Å². The summed E-state index contributed by atoms with van der Waals surface area (Å²) in [5.41, 5.74) is 6.21. The zero-order valence-electron chi connectivity index (χ0n) is 8.93. The highest BCUT2D eigenvalue weighted by Crippen LogP contribution is 2.15. The summed E-state index contributed by atoms with van der Waals surface area (Å²) < 4.78 is 0. The number of hydrogen-bond acceptors (Lipinski definition) is 5. The van der Waals surface area contributed by atoms with Crippen LogP contribution in [0.2, 0.25) is 0 Å². The minimum atomic E-state index is 0.327. The molecule has 0 radical (unpaired) electrons. The van der Waals surface area contributed by atoms with Crippen LogP contribution in [0.5, 0.6) is 0 Å². The summed E-state index contributed by atoms with van der Waals surface area (Å²) >= 11 is 6.89. The highest BCUT2D eigenvalue weighted by Gasteiger charge is 2.13. The standard InChI is InChI=1S/C10H14N4S2/c11-9(15)8-2-3-12-10(13-8)14-4-1-6-16-7-5-14/h2-3H,1,4-7H2,(H2,11,15). The molecular weight excluding hydrogens is 240 g/mol. The van der Waals surface area contributed by atoms with Crippen molar-refractivity contribution in [2.75, 3.05) is 29.5 Å². The Hall–Kier alpha value is -0.880. The molecule has 1 aliphatic heterocycles. The van der Waals surface area contributed by atoms with Crippen molar-refractivity contribution in [3.8, 4) is 0 Å². The maximum absolute atomic E-state index is 5.56. The van der Waals surface area contributed by atoms with Crippen LogP contribution in [0.4, 0.5) is 5.95 Å². The van der Waals surface area contributed by atoms with Gasteiger partial charge in [-0.25, -0.2) is 9.97 Å². The van der Waals surface area contributed by atoms with Gasteiger partial charge in [-0.15, -0.1) is 0 Å². The van der Waals surface area contributed by atoms with Gasteiger partial charge in [-0.2, -0.15) is 11.8 Å². The van der Waals surface area contributed by atoms with Crippen LogP contribution in [-0.4, -0.2) is 39.6 Å². The average Bonchev–Trinajstić information content (AvgIpc) is 2.57. The number of anilines is 1. The molecule has 0 bridgehead atoms. The zero-order valence-corrected chi connectivity index (χ0v) is 10.6. The molecule has 0 aromatic carbocycles. The van der Waals surface area contributed by atoms with Gasteiger partial charge in [-0.1, -0.05) is 12.2 Å². The molecule has 0 unspecified atom stereocenters. The molecule has 0 atom stereocenters. The van der Waals surface area contributed by atoms with Crippen LogP contribution in [0.1, 0.15) is 12.1 Å². The summed E-state index contributed by atoms with van der Waals surface area (Å²) in [5.74, 6) is 3.08. The average molecular weight is 254 g/mol. The lowest BCUT2D eigenvalue weighted by Gasteiger charge is -2.19. The van der Waals surface area contributed by atoms with Crippen molar-refractivity contribution in [1.82, 2.24) is 9.97 Å². The summed E-state index contributed by atoms with van der Waals surface area (Å²) in [6.07, 6.45) is 2.89. The molecular formula is C10H14N4S2. The van der Waals surface area contributed by atoms with Crippen LogP contribution in [-0.2, 0) is 0 Å². The third kappa shape index (κ3) is 2.82. The number of rotatable bonds is 2. The van der Waals surface area contributed by atoms with Crippen molar-refractivity contribution in [2.24, 2.45) is 5.73 Å². The molecule has 0 spiro atoms. The zero-order chi connectivity index (χ0) is 11.4. The van der Waals surface area contributed by atoms with Crippen molar-refractivity contribution in [2.45, 2.75) is 6.42 Å². The predicted molar refractivity (Wildman–Crippen MR) is 72.1 cm³/mol. The topological polar surface area (TPSA) is 55.0 Å². The Morgan fingerprint density at radius 1 is 1.44 bits per heavy atom. The Bertz CT molecular complexity index is 375. The molecule has 0 saturated carbocycles. The second-order valence-corrected chi connectivity index (χ2v) is 5.22. The highest BCUT2D eigenvalue weighted by molar-refractivity contribution is 7.99. The molecule has 0 aliphatic carbocycles. The molecule has 1 aromatic rings. The van der Waals surface area contributed by atoms with Crippen molar-refractivity contribution < 1.29 is 0 Å². The molecule has 1 aliphatic rings. The van der Waals surface area contributed by atoms with E-state index in [9.17, 15) is 0 Å². The van der Waals surface area contributed by atoms with E-state index < -0.39 is 0 Å². The third-order valence-corrected chi connectivity index (χ3v) is 3.66. The van der Waals surface area contributed by atoms with Crippen molar-refractivity contribution in [1.29, 1.82) is 0 Å². The van der Waals surface area contributed by atoms with Crippen LogP contribution < -0.4 is 10.6 Å². The Kier molecular flexibility index (Phi) is 3.95. The lowest BCUT2D eigenvalue weighted by atomic mass is 10.4. The minimum Gasteiger partial charge on any atom is -0.388 e. The van der Waals surface area contributed by atoms with Gasteiger partial charge in [0.05, 0.1) is 0 Å². The van der Waals surface area contributed by atoms with E-state index in [0.717, 1.165) is 24.8 Å². The lowest BCUT2D eigenvalue weighted by Crippen LogP contribution is -2.28. The van der Waals surface area contributed by atoms with Crippen LogP contribution in [0.3, 0.4) is 0 Å². The largest absolute Gasteiger partial charge is 0.388 e. The molecule has 4 nitrogen and oxygen atoms in total.